The summed E-state index contributed by atoms with van der Waals surface area (Å²) in [5, 5.41) is 3.30. The van der Waals surface area contributed by atoms with Gasteiger partial charge in [-0.25, -0.2) is 0 Å². The van der Waals surface area contributed by atoms with E-state index in [4.69, 9.17) is 0 Å². The Hall–Kier alpha value is 0.0100. The molecule has 0 aromatic heterocycles. The third kappa shape index (κ3) is 2.39. The lowest BCUT2D eigenvalue weighted by atomic mass is 10.4. The van der Waals surface area contributed by atoms with Crippen LogP contribution in [0.2, 0.25) is 0 Å². The first-order chi connectivity index (χ1) is 4.43. The zero-order valence-corrected chi connectivity index (χ0v) is 6.41. The number of nitrogens with zero attached hydrogens (tertiary/aromatic N) is 1. The van der Waals surface area contributed by atoms with Crippen LogP contribution in [0.3, 0.4) is 0 Å². The zero-order chi connectivity index (χ0) is 6.53. The smallest absolute Gasteiger partial charge is 0.229 e. The van der Waals surface area contributed by atoms with Gasteiger partial charge in [0.2, 0.25) is 5.88 Å². The average Bonchev–Trinajstić information content (AvgIpc) is 1.91. The van der Waals surface area contributed by atoms with Crippen molar-refractivity contribution in [3.05, 3.63) is 0 Å². The molecule has 1 aliphatic heterocycles. The number of rotatable bonds is 2. The van der Waals surface area contributed by atoms with Gasteiger partial charge < -0.3 is 5.32 Å². The maximum Gasteiger partial charge on any atom is 0.229 e. The van der Waals surface area contributed by atoms with Gasteiger partial charge in [0.15, 0.2) is 17.2 Å². The summed E-state index contributed by atoms with van der Waals surface area (Å²) < 4.78 is 0. The van der Waals surface area contributed by atoms with E-state index < -0.39 is 0 Å². The van der Waals surface area contributed by atoms with Crippen LogP contribution in [0.1, 0.15) is 0 Å². The number of nitrogens with one attached hydrogen (secondary N) is 1. The van der Waals surface area contributed by atoms with Gasteiger partial charge in [-0.2, -0.15) is 0 Å². The Balaban J connectivity index is 2.15. The molecule has 1 N–H and O–H groups in total. The zero-order valence-electron chi connectivity index (χ0n) is 5.60. The van der Waals surface area contributed by atoms with Gasteiger partial charge in [-0.1, -0.05) is 0 Å². The molecule has 9 heavy (non-hydrogen) atoms. The Morgan fingerprint density at radius 3 is 2.67 bits per heavy atom. The van der Waals surface area contributed by atoms with Crippen molar-refractivity contribution in [1.82, 2.24) is 10.2 Å². The molecule has 0 aromatic carbocycles. The predicted octanol–water partition coefficient (Wildman–Crippen LogP) is -0.636. The molecule has 1 saturated heterocycles. The van der Waals surface area contributed by atoms with E-state index in [1.54, 1.807) is 11.4 Å². The number of hydrogen-bond donors (Lipinski definition) is 1. The Kier molecular flexibility index (Phi) is 3.11. The Bertz CT molecular complexity index is 89.1. The molecule has 0 aliphatic carbocycles. The van der Waals surface area contributed by atoms with E-state index in [2.05, 4.69) is 16.1 Å². The summed E-state index contributed by atoms with van der Waals surface area (Å²) in [6.07, 6.45) is 0. The third-order valence-electron chi connectivity index (χ3n) is 1.48. The average molecular weight is 145 g/mol. The van der Waals surface area contributed by atoms with Gasteiger partial charge in [0.1, 0.15) is 0 Å². The predicted molar refractivity (Wildman–Crippen MR) is 43.8 cm³/mol. The van der Waals surface area contributed by atoms with Crippen LogP contribution in [-0.2, 0) is 11.4 Å². The van der Waals surface area contributed by atoms with E-state index in [9.17, 15) is 0 Å². The molecule has 0 unspecified atom stereocenters. The highest BCUT2D eigenvalue weighted by atomic mass is 32.1. The molecular formula is C6H13N2S+. The highest BCUT2D eigenvalue weighted by Crippen LogP contribution is 1.88. The molecule has 0 saturated carbocycles. The van der Waals surface area contributed by atoms with E-state index >= 15 is 0 Å². The van der Waals surface area contributed by atoms with E-state index in [1.165, 1.54) is 13.1 Å². The first-order valence-electron chi connectivity index (χ1n) is 3.23. The van der Waals surface area contributed by atoms with Crippen LogP contribution < -0.4 is 5.32 Å². The van der Waals surface area contributed by atoms with Crippen LogP contribution in [0.4, 0.5) is 0 Å². The summed E-state index contributed by atoms with van der Waals surface area (Å²) in [6.45, 7) is 4.64. The number of piperazine rings is 1. The molecule has 0 spiro atoms. The molecule has 1 rings (SSSR count). The van der Waals surface area contributed by atoms with E-state index in [0.717, 1.165) is 19.0 Å². The van der Waals surface area contributed by atoms with Crippen molar-refractivity contribution < 1.29 is 0 Å². The maximum absolute atomic E-state index is 3.73. The molecule has 0 aromatic rings. The van der Waals surface area contributed by atoms with Gasteiger partial charge in [0.05, 0.1) is 0 Å². The van der Waals surface area contributed by atoms with Gasteiger partial charge >= 0.3 is 0 Å². The first kappa shape index (κ1) is 7.12. The standard InChI is InChI=1S/C6H13N2S/c1-9-6-8-4-2-7-3-5-8/h7H,1-6H2/q+1. The fraction of sp³-hybridized carbons (Fsp3) is 0.833. The maximum atomic E-state index is 3.73. The van der Waals surface area contributed by atoms with E-state index in [-0.39, 0.29) is 0 Å². The Labute approximate surface area is 60.2 Å². The molecule has 3 heteroatoms. The second-order valence-electron chi connectivity index (χ2n) is 2.20. The van der Waals surface area contributed by atoms with Crippen molar-refractivity contribution in [3.8, 4) is 0 Å². The van der Waals surface area contributed by atoms with Gasteiger partial charge in [-0.3, -0.25) is 4.90 Å². The number of hydrogen-bond acceptors (Lipinski definition) is 2. The molecule has 0 bridgehead atoms. The molecule has 2 nitrogen and oxygen atoms in total. The van der Waals surface area contributed by atoms with Gasteiger partial charge in [-0.15, -0.1) is 0 Å². The topological polar surface area (TPSA) is 15.3 Å². The molecule has 0 atom stereocenters. The van der Waals surface area contributed by atoms with Crippen LogP contribution in [-0.4, -0.2) is 42.8 Å². The molecule has 0 radical (unpaired) electrons. The summed E-state index contributed by atoms with van der Waals surface area (Å²) in [6, 6.07) is 0. The first-order valence-corrected chi connectivity index (χ1v) is 4.39. The van der Waals surface area contributed by atoms with E-state index in [1.807, 2.05) is 0 Å². The minimum Gasteiger partial charge on any atom is -0.314 e. The van der Waals surface area contributed by atoms with Crippen LogP contribution in [0.5, 0.6) is 0 Å². The molecule has 0 amide bonds. The van der Waals surface area contributed by atoms with Crippen molar-refractivity contribution in [1.29, 1.82) is 0 Å². The normalized spacial score (nSPS) is 21.8. The lowest BCUT2D eigenvalue weighted by Crippen LogP contribution is -2.43. The van der Waals surface area contributed by atoms with Crippen molar-refractivity contribution in [2.24, 2.45) is 0 Å². The summed E-state index contributed by atoms with van der Waals surface area (Å²) in [7, 11) is 0. The van der Waals surface area contributed by atoms with Crippen LogP contribution in [0, 0.1) is 0 Å². The van der Waals surface area contributed by atoms with Crippen molar-refractivity contribution >= 4 is 17.2 Å². The summed E-state index contributed by atoms with van der Waals surface area (Å²) in [5.41, 5.74) is 0. The monoisotopic (exact) mass is 145 g/mol. The summed E-state index contributed by atoms with van der Waals surface area (Å²) in [5.74, 6) is 4.82. The van der Waals surface area contributed by atoms with Crippen LogP contribution >= 0.6 is 0 Å². The van der Waals surface area contributed by atoms with Gasteiger partial charge in [0, 0.05) is 26.2 Å². The SMILES string of the molecule is C=[S+]CN1CCNCC1. The quantitative estimate of drug-likeness (QED) is 0.411. The van der Waals surface area contributed by atoms with Gasteiger partial charge in [-0.05, 0) is 0 Å². The highest BCUT2D eigenvalue weighted by Gasteiger charge is 2.10. The summed E-state index contributed by atoms with van der Waals surface area (Å²) >= 11 is 1.66. The minimum atomic E-state index is 1.08. The van der Waals surface area contributed by atoms with Crippen LogP contribution in [0.25, 0.3) is 0 Å². The van der Waals surface area contributed by atoms with Crippen molar-refractivity contribution in [2.75, 3.05) is 32.1 Å². The third-order valence-corrected chi connectivity index (χ3v) is 2.03. The van der Waals surface area contributed by atoms with E-state index in [0.29, 0.717) is 0 Å². The highest BCUT2D eigenvalue weighted by molar-refractivity contribution is 7.75. The lowest BCUT2D eigenvalue weighted by molar-refractivity contribution is 0.280. The molecule has 52 valence electrons. The molecule has 1 heterocycles. The van der Waals surface area contributed by atoms with Crippen molar-refractivity contribution in [2.45, 2.75) is 0 Å². The molecule has 1 fully saturated rings. The minimum absolute atomic E-state index is 1.08. The Morgan fingerprint density at radius 1 is 1.44 bits per heavy atom. The fourth-order valence-corrected chi connectivity index (χ4v) is 1.49. The molecular weight excluding hydrogens is 132 g/mol. The fourth-order valence-electron chi connectivity index (χ4n) is 0.969. The van der Waals surface area contributed by atoms with Crippen molar-refractivity contribution in [3.63, 3.8) is 0 Å². The lowest BCUT2D eigenvalue weighted by Gasteiger charge is -2.21. The summed E-state index contributed by atoms with van der Waals surface area (Å²) in [4.78, 5) is 2.41. The second-order valence-corrected chi connectivity index (χ2v) is 2.87. The van der Waals surface area contributed by atoms with Gasteiger partial charge in [0.25, 0.3) is 0 Å². The molecule has 1 aliphatic rings. The Morgan fingerprint density at radius 2 is 2.11 bits per heavy atom. The van der Waals surface area contributed by atoms with Crippen LogP contribution in [0.15, 0.2) is 0 Å². The second kappa shape index (κ2) is 3.93. The largest absolute Gasteiger partial charge is 0.314 e.